The number of β-lactam (4-membered cyclic amide) rings is 1. The molecule has 2 aliphatic rings. The molecular formula is C23H19F3N8O5S3. The summed E-state index contributed by atoms with van der Waals surface area (Å²) in [5.41, 5.74) is 6.05. The zero-order chi connectivity index (χ0) is 30.2. The van der Waals surface area contributed by atoms with Crippen LogP contribution in [0.2, 0.25) is 0 Å². The SMILES string of the molecule is C[n+]1ccc(-c2csc(SC3=C(C(=O)[O-])N4C(=O)[C@@H](NC(=O)/C(=N\OCC(F)(F)F)c5nsc(N)n5)[C@H]4CC3)n2)cc1. The number of aryl methyl sites for hydroxylation is 1. The average Bonchev–Trinajstić information content (AvgIpc) is 3.58. The number of hydrogen-bond donors (Lipinski definition) is 2. The number of carbonyl (C=O) groups is 3. The molecule has 0 aromatic carbocycles. The number of anilines is 1. The van der Waals surface area contributed by atoms with Crippen molar-refractivity contribution in [3.63, 3.8) is 0 Å². The van der Waals surface area contributed by atoms with E-state index in [1.807, 2.05) is 41.5 Å². The monoisotopic (exact) mass is 640 g/mol. The number of nitrogens with one attached hydrogen (secondary N) is 1. The van der Waals surface area contributed by atoms with Crippen molar-refractivity contribution in [3.8, 4) is 11.3 Å². The lowest BCUT2D eigenvalue weighted by molar-refractivity contribution is -0.671. The molecule has 5 rings (SSSR count). The standard InChI is InChI=1S/C23H19F3N8O5S3/c1-33-6-4-10(5-7-33)11-8-40-22(28-11)41-13-3-2-12-14(19(36)34(12)16(13)20(37)38)29-18(35)15(17-30-21(27)42-32-17)31-39-9-23(24,25)26/h4-8,12,14H,2-3,9H2,1H3,(H3-,27,29,30,32,35,37,38)/b31-15-/t12-,14+/m1/s1. The van der Waals surface area contributed by atoms with Crippen molar-refractivity contribution in [2.45, 2.75) is 35.4 Å². The Hall–Kier alpha value is -4.10. The maximum Gasteiger partial charge on any atom is 0.425 e. The van der Waals surface area contributed by atoms with Crippen molar-refractivity contribution in [2.75, 3.05) is 12.3 Å². The Balaban J connectivity index is 1.32. The van der Waals surface area contributed by atoms with E-state index in [9.17, 15) is 32.7 Å². The first-order chi connectivity index (χ1) is 19.9. The molecular weight excluding hydrogens is 621 g/mol. The summed E-state index contributed by atoms with van der Waals surface area (Å²) in [5.74, 6) is -3.82. The molecule has 5 heterocycles. The highest BCUT2D eigenvalue weighted by Crippen LogP contribution is 2.44. The zero-order valence-electron chi connectivity index (χ0n) is 21.3. The molecule has 2 amide bonds. The fourth-order valence-corrected chi connectivity index (χ4v) is 6.70. The smallest absolute Gasteiger partial charge is 0.425 e. The van der Waals surface area contributed by atoms with Crippen molar-refractivity contribution < 1.29 is 42.1 Å². The van der Waals surface area contributed by atoms with E-state index in [1.165, 1.54) is 11.3 Å². The predicted molar refractivity (Wildman–Crippen MR) is 141 cm³/mol. The third kappa shape index (κ3) is 6.21. The van der Waals surface area contributed by atoms with Crippen LogP contribution < -0.4 is 20.7 Å². The summed E-state index contributed by atoms with van der Waals surface area (Å²) < 4.78 is 43.8. The Morgan fingerprint density at radius 2 is 2.07 bits per heavy atom. The molecule has 0 aliphatic carbocycles. The van der Waals surface area contributed by atoms with Crippen LogP contribution in [0.4, 0.5) is 18.3 Å². The molecule has 0 unspecified atom stereocenters. The summed E-state index contributed by atoms with van der Waals surface area (Å²) in [5, 5.41) is 19.5. The average molecular weight is 641 g/mol. The molecule has 3 aromatic heterocycles. The van der Waals surface area contributed by atoms with Crippen LogP contribution in [0.25, 0.3) is 11.3 Å². The van der Waals surface area contributed by atoms with Gasteiger partial charge in [0.2, 0.25) is 18.1 Å². The molecule has 13 nitrogen and oxygen atoms in total. The number of fused-ring (bicyclic) bond motifs is 1. The topological polar surface area (TPSA) is 180 Å². The molecule has 2 atom stereocenters. The molecule has 2 aliphatic heterocycles. The van der Waals surface area contributed by atoms with Crippen molar-refractivity contribution in [3.05, 3.63) is 46.3 Å². The van der Waals surface area contributed by atoms with Crippen LogP contribution in [0.3, 0.4) is 0 Å². The molecule has 0 bridgehead atoms. The van der Waals surface area contributed by atoms with E-state index in [4.69, 9.17) is 5.73 Å². The number of carboxylic acid groups (broad SMARTS) is 1. The highest BCUT2D eigenvalue weighted by molar-refractivity contribution is 8.04. The minimum absolute atomic E-state index is 0.0847. The van der Waals surface area contributed by atoms with Gasteiger partial charge in [-0.3, -0.25) is 9.59 Å². The number of rotatable bonds is 9. The van der Waals surface area contributed by atoms with Crippen molar-refractivity contribution in [1.29, 1.82) is 0 Å². The van der Waals surface area contributed by atoms with E-state index in [0.29, 0.717) is 26.5 Å². The number of nitrogens with zero attached hydrogens (tertiary/aromatic N) is 6. The van der Waals surface area contributed by atoms with Gasteiger partial charge >= 0.3 is 6.18 Å². The molecule has 0 saturated carbocycles. The van der Waals surface area contributed by atoms with Gasteiger partial charge in [-0.2, -0.15) is 22.5 Å². The molecule has 220 valence electrons. The third-order valence-corrected chi connectivity index (χ3v) is 8.72. The Morgan fingerprint density at radius 3 is 2.71 bits per heavy atom. The number of alkyl halides is 3. The van der Waals surface area contributed by atoms with E-state index in [2.05, 4.69) is 29.7 Å². The summed E-state index contributed by atoms with van der Waals surface area (Å²) >= 11 is 3.10. The van der Waals surface area contributed by atoms with Crippen molar-refractivity contribution >= 4 is 63.3 Å². The number of allylic oxidation sites excluding steroid dienone is 1. The Morgan fingerprint density at radius 1 is 1.33 bits per heavy atom. The number of halogens is 3. The number of oxime groups is 1. The van der Waals surface area contributed by atoms with Crippen LogP contribution in [0.5, 0.6) is 0 Å². The van der Waals surface area contributed by atoms with Gasteiger partial charge in [0.15, 0.2) is 21.9 Å². The number of thioether (sulfide) groups is 1. The normalized spacial score (nSPS) is 18.9. The number of carboxylic acids is 1. The summed E-state index contributed by atoms with van der Waals surface area (Å²) in [7, 11) is 1.89. The lowest BCUT2D eigenvalue weighted by Gasteiger charge is -2.51. The number of thiazole rings is 1. The number of nitrogens with two attached hydrogens (primary N) is 1. The second-order valence-corrected chi connectivity index (χ2v) is 11.9. The molecule has 0 radical (unpaired) electrons. The molecule has 19 heteroatoms. The Kier molecular flexibility index (Phi) is 8.15. The molecule has 1 fully saturated rings. The maximum absolute atomic E-state index is 13.1. The summed E-state index contributed by atoms with van der Waals surface area (Å²) in [6.45, 7) is -1.78. The van der Waals surface area contributed by atoms with E-state index in [0.717, 1.165) is 22.2 Å². The number of amides is 2. The fraction of sp³-hybridized carbons (Fsp3) is 0.304. The highest BCUT2D eigenvalue weighted by atomic mass is 32.2. The number of pyridine rings is 1. The molecule has 3 N–H and O–H groups in total. The number of carbonyl (C=O) groups excluding carboxylic acids is 3. The van der Waals surface area contributed by atoms with Gasteiger partial charge < -0.3 is 30.7 Å². The maximum atomic E-state index is 13.1. The van der Waals surface area contributed by atoms with Crippen LogP contribution in [-0.2, 0) is 26.3 Å². The zero-order valence-corrected chi connectivity index (χ0v) is 23.8. The highest BCUT2D eigenvalue weighted by Gasteiger charge is 2.52. The van der Waals surface area contributed by atoms with Gasteiger partial charge in [-0.15, -0.1) is 11.3 Å². The van der Waals surface area contributed by atoms with E-state index < -0.39 is 54.2 Å². The Labute approximate surface area is 247 Å². The van der Waals surface area contributed by atoms with Crippen LogP contribution in [0.1, 0.15) is 18.7 Å². The number of hydrogen-bond acceptors (Lipinski definition) is 13. The lowest BCUT2D eigenvalue weighted by atomic mass is 9.86. The van der Waals surface area contributed by atoms with Gasteiger partial charge in [0, 0.05) is 39.5 Å². The minimum Gasteiger partial charge on any atom is -0.543 e. The second-order valence-electron chi connectivity index (χ2n) is 8.96. The molecule has 0 spiro atoms. The van der Waals surface area contributed by atoms with Gasteiger partial charge in [-0.1, -0.05) is 16.9 Å². The molecule has 42 heavy (non-hydrogen) atoms. The van der Waals surface area contributed by atoms with Crippen LogP contribution >= 0.6 is 34.6 Å². The first-order valence-corrected chi connectivity index (χ1v) is 14.4. The number of nitrogen functional groups attached to an aromatic ring is 1. The van der Waals surface area contributed by atoms with Gasteiger partial charge in [0.25, 0.3) is 11.8 Å². The number of aliphatic carboxylic acids is 1. The van der Waals surface area contributed by atoms with E-state index in [1.54, 1.807) is 0 Å². The largest absolute Gasteiger partial charge is 0.543 e. The van der Waals surface area contributed by atoms with Gasteiger partial charge in [-0.05, 0) is 12.8 Å². The third-order valence-electron chi connectivity index (χ3n) is 6.09. The first-order valence-electron chi connectivity index (χ1n) is 11.9. The second kappa shape index (κ2) is 11.6. The van der Waals surface area contributed by atoms with Crippen LogP contribution in [0.15, 0.2) is 50.0 Å². The van der Waals surface area contributed by atoms with Crippen LogP contribution in [-0.4, -0.2) is 67.6 Å². The minimum atomic E-state index is -4.73. The predicted octanol–water partition coefficient (Wildman–Crippen LogP) is 0.595. The van der Waals surface area contributed by atoms with Crippen molar-refractivity contribution in [1.82, 2.24) is 24.6 Å². The fourth-order valence-electron chi connectivity index (χ4n) is 4.23. The van der Waals surface area contributed by atoms with Gasteiger partial charge in [0.1, 0.15) is 13.1 Å². The van der Waals surface area contributed by atoms with Crippen LogP contribution in [0, 0.1) is 0 Å². The first kappa shape index (κ1) is 29.4. The molecule has 1 saturated heterocycles. The van der Waals surface area contributed by atoms with E-state index in [-0.39, 0.29) is 23.7 Å². The summed E-state index contributed by atoms with van der Waals surface area (Å²) in [6, 6.07) is 1.85. The molecule has 3 aromatic rings. The summed E-state index contributed by atoms with van der Waals surface area (Å²) in [4.78, 5) is 52.1. The lowest BCUT2D eigenvalue weighted by Crippen LogP contribution is -2.72. The Bertz CT molecular complexity index is 1600. The quantitative estimate of drug-likeness (QED) is 0.146. The van der Waals surface area contributed by atoms with E-state index >= 15 is 0 Å². The van der Waals surface area contributed by atoms with Gasteiger partial charge in [0.05, 0.1) is 23.4 Å². The number of aromatic nitrogens is 4. The van der Waals surface area contributed by atoms with Gasteiger partial charge in [-0.25, -0.2) is 9.55 Å². The van der Waals surface area contributed by atoms with Crippen molar-refractivity contribution in [2.24, 2.45) is 12.2 Å². The summed E-state index contributed by atoms with van der Waals surface area (Å²) in [6.07, 6.45) is -0.461.